The molecule has 0 amide bonds. The van der Waals surface area contributed by atoms with Crippen LogP contribution in [0.25, 0.3) is 21.8 Å². The SMILES string of the molecule is O=C(O)C(F)(F)F.O=C(O)C(F)(F)F.O=Cc1cccc2c1ccn2S(=O)(=O)c1cccc(C(F)(F)F)c1.O=S(=O)(c1cccc(C(F)(F)F)c1)n1ccc2c(CN3CCNCC3)cccc21. The third kappa shape index (κ3) is 13.3. The second kappa shape index (κ2) is 20.6. The Kier molecular flexibility index (Phi) is 16.3. The molecule has 362 valence electrons. The number of alkyl halides is 12. The molecule has 0 aliphatic carbocycles. The average molecular weight is 1000 g/mol. The van der Waals surface area contributed by atoms with Gasteiger partial charge >= 0.3 is 36.6 Å². The Bertz CT molecular complexity index is 2930. The number of fused-ring (bicyclic) bond motifs is 2. The molecule has 3 heterocycles. The minimum Gasteiger partial charge on any atom is -0.475 e. The molecule has 7 rings (SSSR count). The number of nitrogens with one attached hydrogen (secondary N) is 1. The van der Waals surface area contributed by atoms with E-state index in [2.05, 4.69) is 10.2 Å². The van der Waals surface area contributed by atoms with E-state index in [-0.39, 0.29) is 5.52 Å². The maximum atomic E-state index is 13.1. The summed E-state index contributed by atoms with van der Waals surface area (Å²) in [5.74, 6) is -5.51. The number of halogens is 12. The van der Waals surface area contributed by atoms with Crippen LogP contribution in [0.15, 0.2) is 119 Å². The minimum absolute atomic E-state index is 0.219. The second-order valence-corrected chi connectivity index (χ2v) is 17.3. The van der Waals surface area contributed by atoms with Gasteiger partial charge in [-0.2, -0.15) is 52.7 Å². The summed E-state index contributed by atoms with van der Waals surface area (Å²) < 4.78 is 194. The van der Waals surface area contributed by atoms with Crippen molar-refractivity contribution in [3.05, 3.63) is 132 Å². The number of aldehydes is 1. The number of hydrogen-bond donors (Lipinski definition) is 3. The van der Waals surface area contributed by atoms with Gasteiger partial charge in [0.25, 0.3) is 20.0 Å². The molecule has 1 aliphatic heterocycles. The zero-order valence-corrected chi connectivity index (χ0v) is 35.1. The summed E-state index contributed by atoms with van der Waals surface area (Å²) in [5.41, 5.74) is -0.0806. The highest BCUT2D eigenvalue weighted by Gasteiger charge is 2.39. The molecule has 0 saturated carbocycles. The first-order valence-corrected chi connectivity index (χ1v) is 21.3. The lowest BCUT2D eigenvalue weighted by Gasteiger charge is -2.27. The number of piperazine rings is 1. The quantitative estimate of drug-likeness (QED) is 0.103. The Morgan fingerprint density at radius 2 is 0.970 bits per heavy atom. The lowest BCUT2D eigenvalue weighted by Crippen LogP contribution is -2.42. The molecule has 2 aromatic heterocycles. The predicted molar refractivity (Wildman–Crippen MR) is 213 cm³/mol. The van der Waals surface area contributed by atoms with Gasteiger partial charge in [0.05, 0.1) is 32.0 Å². The first kappa shape index (κ1) is 53.2. The van der Waals surface area contributed by atoms with Crippen LogP contribution < -0.4 is 5.32 Å². The number of carboxylic acids is 2. The number of aliphatic carboxylic acids is 2. The van der Waals surface area contributed by atoms with E-state index in [1.54, 1.807) is 18.2 Å². The summed E-state index contributed by atoms with van der Waals surface area (Å²) in [4.78, 5) is 30.2. The van der Waals surface area contributed by atoms with E-state index in [4.69, 9.17) is 19.8 Å². The Hall–Kier alpha value is -6.45. The molecular weight excluding hydrogens is 973 g/mol. The van der Waals surface area contributed by atoms with Crippen LogP contribution in [0.5, 0.6) is 0 Å². The number of carboxylic acid groups (broad SMARTS) is 2. The van der Waals surface area contributed by atoms with Crippen molar-refractivity contribution in [1.29, 1.82) is 0 Å². The van der Waals surface area contributed by atoms with Crippen molar-refractivity contribution < 1.29 is 94.1 Å². The summed E-state index contributed by atoms with van der Waals surface area (Å²) >= 11 is 0. The van der Waals surface area contributed by atoms with Gasteiger partial charge in [-0.05, 0) is 66.2 Å². The highest BCUT2D eigenvalue weighted by molar-refractivity contribution is 7.90. The van der Waals surface area contributed by atoms with Crippen LogP contribution in [0.1, 0.15) is 27.0 Å². The van der Waals surface area contributed by atoms with E-state index >= 15 is 0 Å². The van der Waals surface area contributed by atoms with Crippen molar-refractivity contribution in [1.82, 2.24) is 18.2 Å². The maximum absolute atomic E-state index is 13.1. The molecule has 0 atom stereocenters. The molecule has 3 N–H and O–H groups in total. The van der Waals surface area contributed by atoms with E-state index in [0.29, 0.717) is 41.4 Å². The number of carbonyl (C=O) groups is 3. The molecule has 67 heavy (non-hydrogen) atoms. The summed E-state index contributed by atoms with van der Waals surface area (Å²) in [6.07, 6.45) is -16.2. The van der Waals surface area contributed by atoms with Crippen molar-refractivity contribution in [2.24, 2.45) is 0 Å². The smallest absolute Gasteiger partial charge is 0.475 e. The van der Waals surface area contributed by atoms with Crippen LogP contribution in [0, 0.1) is 0 Å². The third-order valence-corrected chi connectivity index (χ3v) is 12.5. The zero-order valence-electron chi connectivity index (χ0n) is 33.5. The number of hydrogen-bond acceptors (Lipinski definition) is 9. The topological polar surface area (TPSA) is 185 Å². The second-order valence-electron chi connectivity index (χ2n) is 13.7. The maximum Gasteiger partial charge on any atom is 0.490 e. The zero-order chi connectivity index (χ0) is 50.3. The Labute approximate surface area is 370 Å². The standard InChI is InChI=1S/C20H20F3N3O2S.C16H10F3NO3S.2C2HF3O2/c21-20(22,23)16-4-2-5-17(13-16)29(27,28)26-10-7-18-15(3-1-6-19(18)26)14-25-11-8-24-9-12-25;17-16(18,19)12-4-2-5-13(9-12)24(22,23)20-8-7-14-11(10-21)3-1-6-15(14)20;2*3-2(4,5)1(6)7/h1-7,10,13,24H,8-9,11-12,14H2;1-10H;2*(H,6,7). The van der Waals surface area contributed by atoms with E-state index < -0.39 is 77.6 Å². The highest BCUT2D eigenvalue weighted by Crippen LogP contribution is 2.34. The van der Waals surface area contributed by atoms with Crippen LogP contribution in [0.3, 0.4) is 0 Å². The molecule has 0 bridgehead atoms. The fraction of sp³-hybridized carbons (Fsp3) is 0.225. The number of carbonyl (C=O) groups excluding carboxylic acids is 1. The van der Waals surface area contributed by atoms with Crippen molar-refractivity contribution in [3.63, 3.8) is 0 Å². The van der Waals surface area contributed by atoms with Gasteiger partial charge in [0.2, 0.25) is 0 Å². The van der Waals surface area contributed by atoms with Gasteiger partial charge in [0, 0.05) is 61.5 Å². The van der Waals surface area contributed by atoms with Crippen LogP contribution in [-0.4, -0.2) is 96.6 Å². The Morgan fingerprint density at radius 3 is 1.37 bits per heavy atom. The molecule has 1 aliphatic rings. The molecule has 1 saturated heterocycles. The van der Waals surface area contributed by atoms with Crippen molar-refractivity contribution in [2.75, 3.05) is 26.2 Å². The van der Waals surface area contributed by atoms with Crippen LogP contribution in [0.2, 0.25) is 0 Å². The van der Waals surface area contributed by atoms with Crippen LogP contribution in [0.4, 0.5) is 52.7 Å². The van der Waals surface area contributed by atoms with Crippen LogP contribution in [-0.2, 0) is 48.5 Å². The lowest BCUT2D eigenvalue weighted by atomic mass is 10.1. The monoisotopic (exact) mass is 1000 g/mol. The molecule has 1 fully saturated rings. The molecule has 6 aromatic rings. The van der Waals surface area contributed by atoms with Gasteiger partial charge in [-0.15, -0.1) is 0 Å². The highest BCUT2D eigenvalue weighted by atomic mass is 32.2. The molecule has 0 unspecified atom stereocenters. The summed E-state index contributed by atoms with van der Waals surface area (Å²) in [6, 6.07) is 20.4. The molecular formula is C40H32F12N4O9S2. The van der Waals surface area contributed by atoms with E-state index in [0.717, 1.165) is 75.4 Å². The van der Waals surface area contributed by atoms with E-state index in [1.165, 1.54) is 42.7 Å². The third-order valence-electron chi connectivity index (χ3n) is 9.17. The van der Waals surface area contributed by atoms with Gasteiger partial charge in [0.1, 0.15) is 0 Å². The number of nitrogens with zero attached hydrogens (tertiary/aromatic N) is 3. The number of benzene rings is 4. The van der Waals surface area contributed by atoms with E-state index in [9.17, 15) is 74.3 Å². The first-order chi connectivity index (χ1) is 30.9. The molecule has 4 aromatic carbocycles. The summed E-state index contributed by atoms with van der Waals surface area (Å²) in [7, 11) is -8.39. The fourth-order valence-electron chi connectivity index (χ4n) is 6.04. The molecule has 0 spiro atoms. The van der Waals surface area contributed by atoms with Crippen molar-refractivity contribution in [2.45, 2.75) is 41.0 Å². The van der Waals surface area contributed by atoms with Gasteiger partial charge in [-0.25, -0.2) is 34.4 Å². The number of aromatic nitrogens is 2. The van der Waals surface area contributed by atoms with Crippen molar-refractivity contribution in [3.8, 4) is 0 Å². The lowest BCUT2D eigenvalue weighted by molar-refractivity contribution is -0.193. The molecule has 13 nitrogen and oxygen atoms in total. The largest absolute Gasteiger partial charge is 0.490 e. The molecule has 27 heteroatoms. The predicted octanol–water partition coefficient (Wildman–Crippen LogP) is 8.28. The van der Waals surface area contributed by atoms with Gasteiger partial charge in [-0.1, -0.05) is 36.4 Å². The van der Waals surface area contributed by atoms with Crippen molar-refractivity contribution >= 4 is 60.1 Å². The minimum atomic E-state index is -5.08. The normalized spacial score (nSPS) is 13.9. The van der Waals surface area contributed by atoms with Crippen LogP contribution >= 0.6 is 0 Å². The average Bonchev–Trinajstić information content (AvgIpc) is 3.91. The Morgan fingerprint density at radius 1 is 0.582 bits per heavy atom. The fourth-order valence-corrected chi connectivity index (χ4v) is 8.82. The Balaban J connectivity index is 0.000000231. The van der Waals surface area contributed by atoms with Gasteiger partial charge < -0.3 is 15.5 Å². The summed E-state index contributed by atoms with van der Waals surface area (Å²) in [6.45, 7) is 4.30. The van der Waals surface area contributed by atoms with Gasteiger partial charge in [-0.3, -0.25) is 9.69 Å². The van der Waals surface area contributed by atoms with E-state index in [1.807, 2.05) is 6.07 Å². The van der Waals surface area contributed by atoms with Gasteiger partial charge in [0.15, 0.2) is 6.29 Å². The first-order valence-electron chi connectivity index (χ1n) is 18.4. The number of rotatable bonds is 7. The summed E-state index contributed by atoms with van der Waals surface area (Å²) in [5, 5.41) is 18.7. The molecule has 0 radical (unpaired) electrons.